The van der Waals surface area contributed by atoms with Crippen molar-refractivity contribution in [3.8, 4) is 0 Å². The molecule has 0 aliphatic heterocycles. The third kappa shape index (κ3) is 13.0. The summed E-state index contributed by atoms with van der Waals surface area (Å²) in [7, 11) is -3.59. The van der Waals surface area contributed by atoms with Crippen molar-refractivity contribution < 1.29 is 23.5 Å². The molecule has 1 N–H and O–H groups in total. The second-order valence-electron chi connectivity index (χ2n) is 13.8. The van der Waals surface area contributed by atoms with Crippen molar-refractivity contribution in [1.29, 1.82) is 0 Å². The van der Waals surface area contributed by atoms with Crippen molar-refractivity contribution in [2.45, 2.75) is 174 Å². The number of unbranched alkanes of at least 4 members (excludes halogenated alkanes) is 1. The maximum Gasteiger partial charge on any atom is 0.306 e. The summed E-state index contributed by atoms with van der Waals surface area (Å²) in [4.78, 5) is 11.9. The van der Waals surface area contributed by atoms with Crippen molar-refractivity contribution >= 4 is 22.6 Å². The quantitative estimate of drug-likeness (QED) is 0.0548. The molecule has 0 unspecified atom stereocenters. The molecule has 0 saturated heterocycles. The summed E-state index contributed by atoms with van der Waals surface area (Å²) in [5, 5.41) is 11.4. The summed E-state index contributed by atoms with van der Waals surface area (Å²) in [6.45, 7) is 17.7. The lowest BCUT2D eigenvalue weighted by molar-refractivity contribution is -0.147. The molecule has 0 amide bonds. The molecule has 0 radical (unpaired) electrons. The van der Waals surface area contributed by atoms with Gasteiger partial charge in [-0.05, 0) is 119 Å². The van der Waals surface area contributed by atoms with Crippen LogP contribution in [0.5, 0.6) is 0 Å². The number of carbonyl (C=O) groups is 1. The number of hydrogen-bond donors (Lipinski definition) is 1. The Bertz CT molecular complexity index is 944. The maximum absolute atomic E-state index is 11.9. The number of aliphatic hydroxyl groups is 1. The molecule has 7 heteroatoms. The van der Waals surface area contributed by atoms with E-state index in [0.29, 0.717) is 12.3 Å². The van der Waals surface area contributed by atoms with Gasteiger partial charge in [0.25, 0.3) is 0 Å². The number of benzene rings is 1. The van der Waals surface area contributed by atoms with Crippen molar-refractivity contribution in [3.05, 3.63) is 48.0 Å². The van der Waals surface area contributed by atoms with Gasteiger partial charge in [-0.2, -0.15) is 0 Å². The van der Waals surface area contributed by atoms with Crippen LogP contribution >= 0.6 is 0 Å². The van der Waals surface area contributed by atoms with Crippen LogP contribution in [0.3, 0.4) is 0 Å². The third-order valence-corrected chi connectivity index (χ3v) is 20.2. The normalized spacial score (nSPS) is 21.6. The molecule has 0 heterocycles. The topological polar surface area (TPSA) is 65.0 Å². The Balaban J connectivity index is 2.20. The number of rotatable bonds is 23. The van der Waals surface area contributed by atoms with Gasteiger partial charge in [-0.3, -0.25) is 4.79 Å². The van der Waals surface area contributed by atoms with E-state index in [1.54, 1.807) is 0 Å². The molecule has 2 rings (SSSR count). The molecule has 1 saturated carbocycles. The van der Waals surface area contributed by atoms with Crippen molar-refractivity contribution in [3.63, 3.8) is 0 Å². The Hall–Kier alpha value is -1.26. The molecule has 1 aliphatic rings. The van der Waals surface area contributed by atoms with E-state index < -0.39 is 16.6 Å². The lowest BCUT2D eigenvalue weighted by Crippen LogP contribution is -2.42. The zero-order valence-corrected chi connectivity index (χ0v) is 32.2. The van der Waals surface area contributed by atoms with Gasteiger partial charge in [-0.25, -0.2) is 0 Å². The molecule has 0 spiro atoms. The molecule has 1 aromatic rings. The summed E-state index contributed by atoms with van der Waals surface area (Å²) in [5.41, 5.74) is 1.38. The highest BCUT2D eigenvalue weighted by atomic mass is 28.4. The fraction of sp³-hybridized carbons (Fsp3) is 0.763. The number of aryl methyl sites for hydroxylation is 1. The van der Waals surface area contributed by atoms with Gasteiger partial charge in [0.2, 0.25) is 0 Å². The molecule has 5 atom stereocenters. The van der Waals surface area contributed by atoms with E-state index in [0.717, 1.165) is 87.6 Å². The highest BCUT2D eigenvalue weighted by Crippen LogP contribution is 2.43. The van der Waals surface area contributed by atoms with Gasteiger partial charge in [0, 0.05) is 12.5 Å². The van der Waals surface area contributed by atoms with Crippen LogP contribution in [-0.2, 0) is 24.8 Å². The fourth-order valence-corrected chi connectivity index (χ4v) is 13.2. The Labute approximate surface area is 279 Å². The maximum atomic E-state index is 11.9. The first-order valence-corrected chi connectivity index (χ1v) is 23.6. The Morgan fingerprint density at radius 2 is 1.51 bits per heavy atom. The molecule has 0 bridgehead atoms. The predicted molar refractivity (Wildman–Crippen MR) is 195 cm³/mol. The van der Waals surface area contributed by atoms with Crippen molar-refractivity contribution in [2.24, 2.45) is 11.8 Å². The van der Waals surface area contributed by atoms with Gasteiger partial charge in [-0.15, -0.1) is 0 Å². The number of carbonyl (C=O) groups excluding carboxylic acids is 1. The van der Waals surface area contributed by atoms with E-state index in [1.165, 1.54) is 5.56 Å². The van der Waals surface area contributed by atoms with Gasteiger partial charge in [0.05, 0.1) is 18.3 Å². The molecular weight excluding hydrogens is 593 g/mol. The monoisotopic (exact) mass is 660 g/mol. The molecule has 1 aromatic carbocycles. The molecule has 5 nitrogen and oxygen atoms in total. The van der Waals surface area contributed by atoms with Crippen LogP contribution in [0.25, 0.3) is 0 Å². The van der Waals surface area contributed by atoms with E-state index in [2.05, 4.69) is 84.0 Å². The number of ether oxygens (including phenoxy) is 1. The predicted octanol–water partition coefficient (Wildman–Crippen LogP) is 10.2. The summed E-state index contributed by atoms with van der Waals surface area (Å²) in [5.74, 6) is 0.395. The van der Waals surface area contributed by atoms with Crippen LogP contribution in [0.4, 0.5) is 0 Å². The van der Waals surface area contributed by atoms with E-state index in [9.17, 15) is 9.90 Å². The van der Waals surface area contributed by atoms with Crippen LogP contribution in [-0.4, -0.2) is 52.1 Å². The van der Waals surface area contributed by atoms with Gasteiger partial charge in [0.1, 0.15) is 0 Å². The van der Waals surface area contributed by atoms with E-state index >= 15 is 0 Å². The Morgan fingerprint density at radius 1 is 0.889 bits per heavy atom. The number of allylic oxidation sites excluding steroid dienone is 2. The lowest BCUT2D eigenvalue weighted by atomic mass is 9.85. The van der Waals surface area contributed by atoms with E-state index in [4.69, 9.17) is 13.6 Å². The molecule has 1 aliphatic carbocycles. The van der Waals surface area contributed by atoms with Gasteiger partial charge < -0.3 is 18.7 Å². The molecule has 258 valence electrons. The van der Waals surface area contributed by atoms with Crippen LogP contribution in [0.15, 0.2) is 42.5 Å². The minimum absolute atomic E-state index is 0.0630. The standard InChI is InChI=1S/C38H68O5Si2/c1-9-44(10-2,11-3)42-33(27-26-32-22-18-17-19-23-32)28-29-35-34(24-20-15-16-21-25-38(40)41-31(7)8)36(39)30-37(35)43-45(12-4,13-5)14-6/h15,17-20,22-23,31,33-37,39H,9-14,16,21,24-30H2,1-8H3/t33-,34+,35+,36-,37+/m0/s1. The summed E-state index contributed by atoms with van der Waals surface area (Å²) in [6.07, 6.45) is 12.2. The van der Waals surface area contributed by atoms with Crippen molar-refractivity contribution in [1.82, 2.24) is 0 Å². The molecule has 45 heavy (non-hydrogen) atoms. The number of hydrogen-bond acceptors (Lipinski definition) is 5. The van der Waals surface area contributed by atoms with E-state index in [1.807, 2.05) is 13.8 Å². The molecule has 1 fully saturated rings. The average Bonchev–Trinajstić information content (AvgIpc) is 3.34. The minimum Gasteiger partial charge on any atom is -0.463 e. The minimum atomic E-state index is -1.82. The second-order valence-corrected chi connectivity index (χ2v) is 23.2. The zero-order chi connectivity index (χ0) is 33.3. The molecular formula is C38H68O5Si2. The lowest BCUT2D eigenvalue weighted by Gasteiger charge is -2.37. The first-order chi connectivity index (χ1) is 21.6. The van der Waals surface area contributed by atoms with Gasteiger partial charge in [-0.1, -0.05) is 84.0 Å². The largest absolute Gasteiger partial charge is 0.463 e. The first kappa shape index (κ1) is 39.9. The number of aliphatic hydroxyl groups excluding tert-OH is 1. The zero-order valence-electron chi connectivity index (χ0n) is 30.2. The second kappa shape index (κ2) is 20.9. The Kier molecular flexibility index (Phi) is 18.5. The number of esters is 1. The van der Waals surface area contributed by atoms with Crippen LogP contribution in [0, 0.1) is 11.8 Å². The highest BCUT2D eigenvalue weighted by Gasteiger charge is 2.46. The van der Waals surface area contributed by atoms with Gasteiger partial charge in [0.15, 0.2) is 16.6 Å². The van der Waals surface area contributed by atoms with Gasteiger partial charge >= 0.3 is 5.97 Å². The van der Waals surface area contributed by atoms with Crippen molar-refractivity contribution in [2.75, 3.05) is 0 Å². The average molecular weight is 661 g/mol. The molecule has 0 aromatic heterocycles. The summed E-state index contributed by atoms with van der Waals surface area (Å²) < 4.78 is 19.6. The SMILES string of the molecule is CC[Si](CC)(CC)O[C@@H](CCc1ccccc1)CC[C@@H]1[C@@H](CC=CCCCC(=O)OC(C)C)[C@@H](O)C[C@H]1O[Si](CC)(CC)CC. The van der Waals surface area contributed by atoms with Crippen LogP contribution < -0.4 is 0 Å². The summed E-state index contributed by atoms with van der Waals surface area (Å²) >= 11 is 0. The van der Waals surface area contributed by atoms with Crippen LogP contribution in [0.1, 0.15) is 112 Å². The highest BCUT2D eigenvalue weighted by molar-refractivity contribution is 6.74. The smallest absolute Gasteiger partial charge is 0.306 e. The van der Waals surface area contributed by atoms with E-state index in [-0.39, 0.29) is 36.3 Å². The summed E-state index contributed by atoms with van der Waals surface area (Å²) in [6, 6.07) is 17.7. The first-order valence-electron chi connectivity index (χ1n) is 18.5. The van der Waals surface area contributed by atoms with Crippen LogP contribution in [0.2, 0.25) is 36.3 Å². The Morgan fingerprint density at radius 3 is 2.09 bits per heavy atom. The fourth-order valence-electron chi connectivity index (χ4n) is 7.36. The third-order valence-electron chi connectivity index (χ3n) is 10.8.